The fourth-order valence-electron chi connectivity index (χ4n) is 7.78. The van der Waals surface area contributed by atoms with Gasteiger partial charge in [-0.05, 0) is 63.5 Å². The molecule has 2 aliphatic carbocycles. The summed E-state index contributed by atoms with van der Waals surface area (Å²) in [6, 6.07) is 5.31. The fraction of sp³-hybridized carbons (Fsp3) is 0.538. The summed E-state index contributed by atoms with van der Waals surface area (Å²) < 4.78 is 17.9. The molecule has 3 amide bonds. The van der Waals surface area contributed by atoms with Crippen molar-refractivity contribution in [1.29, 1.82) is 0 Å². The average Bonchev–Trinajstić information content (AvgIpc) is 3.61. The van der Waals surface area contributed by atoms with E-state index in [0.717, 1.165) is 50.1 Å². The fourth-order valence-corrected chi connectivity index (χ4v) is 8.53. The maximum absolute atomic E-state index is 14.5. The Balaban J connectivity index is 1.20. The molecule has 1 aromatic carbocycles. The van der Waals surface area contributed by atoms with Crippen LogP contribution in [0.5, 0.6) is 11.5 Å². The van der Waals surface area contributed by atoms with Crippen molar-refractivity contribution in [2.75, 3.05) is 32.6 Å². The minimum atomic E-state index is -1.45. The van der Waals surface area contributed by atoms with Crippen molar-refractivity contribution in [2.24, 2.45) is 5.92 Å². The zero-order valence-electron chi connectivity index (χ0n) is 30.9. The van der Waals surface area contributed by atoms with Crippen molar-refractivity contribution in [2.45, 2.75) is 100 Å². The zero-order chi connectivity index (χ0) is 38.0. The second-order valence-electron chi connectivity index (χ2n) is 14.9. The minimum Gasteiger partial charge on any atom is -0.497 e. The van der Waals surface area contributed by atoms with E-state index >= 15 is 0 Å². The van der Waals surface area contributed by atoms with Crippen LogP contribution >= 0.6 is 11.3 Å². The summed E-state index contributed by atoms with van der Waals surface area (Å²) in [5, 5.41) is 19.3. The SMILES string of the molecule is COc1ccc2c(O[C@@H]3C[C@H]4C(=O)N[C@]5(C(=O)O)C[C@@H]5/C=C\CCCCC[C@H](NC(=O)OC5CCCC5)C(=O)N4C3)cc(-c3csc(N(C)C)n3)nc2c1. The molecule has 0 bridgehead atoms. The maximum Gasteiger partial charge on any atom is 0.408 e. The van der Waals surface area contributed by atoms with Gasteiger partial charge in [0.15, 0.2) is 5.13 Å². The Bertz CT molecular complexity index is 1930. The van der Waals surface area contributed by atoms with Crippen LogP contribution in [0.4, 0.5) is 9.93 Å². The van der Waals surface area contributed by atoms with Gasteiger partial charge in [-0.2, -0.15) is 0 Å². The monoisotopic (exact) mass is 760 g/mol. The van der Waals surface area contributed by atoms with E-state index in [9.17, 15) is 24.3 Å². The molecule has 1 saturated heterocycles. The summed E-state index contributed by atoms with van der Waals surface area (Å²) >= 11 is 1.49. The predicted octanol–water partition coefficient (Wildman–Crippen LogP) is 5.30. The molecule has 2 saturated carbocycles. The van der Waals surface area contributed by atoms with Crippen LogP contribution in [0.15, 0.2) is 41.8 Å². The third-order valence-electron chi connectivity index (χ3n) is 10.9. The van der Waals surface area contributed by atoms with E-state index in [1.54, 1.807) is 7.11 Å². The zero-order valence-corrected chi connectivity index (χ0v) is 31.7. The molecule has 288 valence electrons. The number of allylic oxidation sites excluding steroid dienone is 1. The van der Waals surface area contributed by atoms with E-state index in [1.807, 2.05) is 60.8 Å². The van der Waals surface area contributed by atoms with E-state index < -0.39 is 47.6 Å². The standard InChI is InChI=1S/C39H48N6O8S/c1-44(2)37-41-31(22-54-37)30-19-33(27-16-15-25(51-3)17-29(27)40-30)52-26-18-32-34(46)43-39(36(48)49)20-23(39)11-7-5-4-6-8-14-28(35(47)45(32)21-26)42-38(50)53-24-12-9-10-13-24/h7,11,15-17,19,22-24,26,28,32H,4-6,8-10,12-14,18,20-21H2,1-3H3,(H,42,50)(H,43,46)(H,48,49)/b11-7-/t23-,26+,28-,32-,39+/m0/s1. The largest absolute Gasteiger partial charge is 0.497 e. The van der Waals surface area contributed by atoms with Gasteiger partial charge >= 0.3 is 12.1 Å². The number of nitrogens with zero attached hydrogens (tertiary/aromatic N) is 4. The van der Waals surface area contributed by atoms with E-state index in [-0.39, 0.29) is 31.4 Å². The number of thiazole rings is 1. The number of carboxylic acid groups (broad SMARTS) is 1. The lowest BCUT2D eigenvalue weighted by Gasteiger charge is -2.29. The molecule has 15 heteroatoms. The van der Waals surface area contributed by atoms with Crippen LogP contribution < -0.4 is 25.0 Å². The first-order valence-corrected chi connectivity index (χ1v) is 19.7. The number of pyridine rings is 1. The Morgan fingerprint density at radius 2 is 1.83 bits per heavy atom. The molecule has 54 heavy (non-hydrogen) atoms. The number of carbonyl (C=O) groups excluding carboxylic acids is 3. The number of benzene rings is 1. The van der Waals surface area contributed by atoms with Gasteiger partial charge in [-0.3, -0.25) is 9.59 Å². The number of carbonyl (C=O) groups is 4. The van der Waals surface area contributed by atoms with Gasteiger partial charge in [-0.1, -0.05) is 25.0 Å². The van der Waals surface area contributed by atoms with Crippen LogP contribution in [0, 0.1) is 5.92 Å². The van der Waals surface area contributed by atoms with Gasteiger partial charge in [0.25, 0.3) is 0 Å². The topological polar surface area (TPSA) is 173 Å². The van der Waals surface area contributed by atoms with Gasteiger partial charge in [-0.15, -0.1) is 11.3 Å². The van der Waals surface area contributed by atoms with Gasteiger partial charge < -0.3 is 39.8 Å². The van der Waals surface area contributed by atoms with Crippen LogP contribution in [0.25, 0.3) is 22.3 Å². The maximum atomic E-state index is 14.5. The first kappa shape index (κ1) is 37.4. The number of aliphatic carboxylic acids is 1. The number of aromatic nitrogens is 2. The Labute approximate surface area is 318 Å². The van der Waals surface area contributed by atoms with E-state index in [2.05, 4.69) is 10.6 Å². The molecule has 0 spiro atoms. The molecule has 5 atom stereocenters. The summed E-state index contributed by atoms with van der Waals surface area (Å²) in [5.41, 5.74) is 0.415. The van der Waals surface area contributed by atoms with Gasteiger partial charge in [0.1, 0.15) is 47.0 Å². The number of alkyl carbamates (subject to hydrolysis) is 1. The molecule has 7 rings (SSSR count). The molecule has 0 unspecified atom stereocenters. The number of rotatable bonds is 8. The molecular weight excluding hydrogens is 713 g/mol. The molecule has 2 aliphatic heterocycles. The summed E-state index contributed by atoms with van der Waals surface area (Å²) in [5.74, 6) is -1.36. The lowest BCUT2D eigenvalue weighted by atomic mass is 10.0. The quantitative estimate of drug-likeness (QED) is 0.255. The highest BCUT2D eigenvalue weighted by Gasteiger charge is 2.61. The third kappa shape index (κ3) is 7.96. The number of nitrogens with one attached hydrogen (secondary N) is 2. The van der Waals surface area contributed by atoms with Crippen molar-refractivity contribution in [3.05, 3.63) is 41.8 Å². The highest BCUT2D eigenvalue weighted by Crippen LogP contribution is 2.45. The van der Waals surface area contributed by atoms with Crippen LogP contribution in [0.3, 0.4) is 0 Å². The minimum absolute atomic E-state index is 0.0347. The predicted molar refractivity (Wildman–Crippen MR) is 203 cm³/mol. The first-order valence-electron chi connectivity index (χ1n) is 18.8. The number of anilines is 1. The molecule has 4 heterocycles. The van der Waals surface area contributed by atoms with Crippen molar-refractivity contribution in [3.8, 4) is 22.9 Å². The van der Waals surface area contributed by atoms with Crippen LogP contribution in [0.1, 0.15) is 70.6 Å². The number of hydrogen-bond acceptors (Lipinski definition) is 11. The molecule has 14 nitrogen and oxygen atoms in total. The van der Waals surface area contributed by atoms with Crippen LogP contribution in [-0.2, 0) is 19.1 Å². The molecule has 0 radical (unpaired) electrons. The second-order valence-corrected chi connectivity index (χ2v) is 15.8. The van der Waals surface area contributed by atoms with E-state index in [4.69, 9.17) is 24.2 Å². The smallest absolute Gasteiger partial charge is 0.408 e. The van der Waals surface area contributed by atoms with Crippen LogP contribution in [-0.4, -0.2) is 101 Å². The Hall–Kier alpha value is -4.92. The lowest BCUT2D eigenvalue weighted by Crippen LogP contribution is -2.56. The van der Waals surface area contributed by atoms with Crippen molar-refractivity contribution in [1.82, 2.24) is 25.5 Å². The molecule has 3 aromatic rings. The third-order valence-corrected chi connectivity index (χ3v) is 11.9. The highest BCUT2D eigenvalue weighted by atomic mass is 32.1. The first-order chi connectivity index (χ1) is 26.0. The molecule has 3 N–H and O–H groups in total. The summed E-state index contributed by atoms with van der Waals surface area (Å²) in [6.07, 6.45) is 9.73. The lowest BCUT2D eigenvalue weighted by molar-refractivity contribution is -0.145. The summed E-state index contributed by atoms with van der Waals surface area (Å²) in [4.78, 5) is 67.3. The highest BCUT2D eigenvalue weighted by molar-refractivity contribution is 7.14. The Morgan fingerprint density at radius 3 is 2.57 bits per heavy atom. The van der Waals surface area contributed by atoms with E-state index in [1.165, 1.54) is 16.2 Å². The molecule has 2 aromatic heterocycles. The number of methoxy groups -OCH3 is 1. The summed E-state index contributed by atoms with van der Waals surface area (Å²) in [7, 11) is 5.42. The number of fused-ring (bicyclic) bond motifs is 3. The van der Waals surface area contributed by atoms with Gasteiger partial charge in [-0.25, -0.2) is 19.6 Å². The molecular formula is C39H48N6O8S. The van der Waals surface area contributed by atoms with E-state index in [0.29, 0.717) is 46.6 Å². The van der Waals surface area contributed by atoms with Crippen LogP contribution in [0.2, 0.25) is 0 Å². The number of hydrogen-bond donors (Lipinski definition) is 3. The normalized spacial score (nSPS) is 26.8. The Morgan fingerprint density at radius 1 is 1.04 bits per heavy atom. The Kier molecular flexibility index (Phi) is 11.0. The molecule has 4 aliphatic rings. The number of amides is 3. The van der Waals surface area contributed by atoms with Gasteiger partial charge in [0.2, 0.25) is 11.8 Å². The average molecular weight is 761 g/mol. The van der Waals surface area contributed by atoms with Gasteiger partial charge in [0.05, 0.1) is 24.9 Å². The van der Waals surface area contributed by atoms with Crippen molar-refractivity contribution in [3.63, 3.8) is 0 Å². The van der Waals surface area contributed by atoms with Gasteiger partial charge in [0, 0.05) is 49.3 Å². The number of ether oxygens (including phenoxy) is 3. The number of carboxylic acids is 1. The molecule has 3 fully saturated rings. The van der Waals surface area contributed by atoms with Crippen molar-refractivity contribution < 1.29 is 38.5 Å². The summed E-state index contributed by atoms with van der Waals surface area (Å²) in [6.45, 7) is 0.0347. The second kappa shape index (κ2) is 15.8. The van der Waals surface area contributed by atoms with Crippen molar-refractivity contribution >= 4 is 51.2 Å².